The Morgan fingerprint density at radius 3 is 2.35 bits per heavy atom. The molecule has 2 aromatic rings. The summed E-state index contributed by atoms with van der Waals surface area (Å²) in [7, 11) is 0. The maximum absolute atomic E-state index is 11.9. The Balaban J connectivity index is 0.000000463. The molecule has 0 saturated heterocycles. The Morgan fingerprint density at radius 2 is 1.87 bits per heavy atom. The smallest absolute Gasteiger partial charge is 0.355 e. The highest BCUT2D eigenvalue weighted by molar-refractivity contribution is 6.36. The highest BCUT2D eigenvalue weighted by Crippen LogP contribution is 2.31. The predicted octanol–water partition coefficient (Wildman–Crippen LogP) is 5.92. The molecule has 0 aliphatic carbocycles. The second-order valence-electron chi connectivity index (χ2n) is 6.02. The quantitative estimate of drug-likeness (QED) is 0.703. The number of aromatic nitrogens is 1. The van der Waals surface area contributed by atoms with Crippen molar-refractivity contribution in [2.45, 2.75) is 54.4 Å². The predicted molar refractivity (Wildman–Crippen MR) is 98.5 cm³/mol. The first-order valence-electron chi connectivity index (χ1n) is 8.33. The van der Waals surface area contributed by atoms with Gasteiger partial charge in [0, 0.05) is 10.9 Å². The zero-order valence-electron chi connectivity index (χ0n) is 15.0. The van der Waals surface area contributed by atoms with Gasteiger partial charge in [-0.1, -0.05) is 45.7 Å². The third-order valence-corrected chi connectivity index (χ3v) is 4.05. The first kappa shape index (κ1) is 19.6. The highest BCUT2D eigenvalue weighted by atomic mass is 35.5. The summed E-state index contributed by atoms with van der Waals surface area (Å²) in [6.45, 7) is 12.8. The fraction of sp³-hybridized carbons (Fsp3) is 0.526. The van der Waals surface area contributed by atoms with Crippen molar-refractivity contribution in [3.05, 3.63) is 34.0 Å². The molecule has 0 saturated carbocycles. The van der Waals surface area contributed by atoms with Crippen LogP contribution in [-0.4, -0.2) is 17.6 Å². The molecule has 0 aliphatic heterocycles. The molecule has 2 rings (SSSR count). The minimum atomic E-state index is -0.320. The van der Waals surface area contributed by atoms with Crippen LogP contribution in [0.15, 0.2) is 12.1 Å². The summed E-state index contributed by atoms with van der Waals surface area (Å²) in [5.41, 5.74) is 3.39. The lowest BCUT2D eigenvalue weighted by Crippen LogP contribution is -2.07. The number of ether oxygens (including phenoxy) is 1. The fourth-order valence-electron chi connectivity index (χ4n) is 2.21. The molecule has 1 heterocycles. The van der Waals surface area contributed by atoms with Gasteiger partial charge in [-0.05, 0) is 49.4 Å². The fourth-order valence-corrected chi connectivity index (χ4v) is 2.60. The second-order valence-corrected chi connectivity index (χ2v) is 6.43. The summed E-state index contributed by atoms with van der Waals surface area (Å²) in [5, 5.41) is 1.60. The lowest BCUT2D eigenvalue weighted by atomic mass is 10.1. The lowest BCUT2D eigenvalue weighted by molar-refractivity contribution is 0.0519. The average molecular weight is 338 g/mol. The average Bonchev–Trinajstić information content (AvgIpc) is 2.86. The zero-order chi connectivity index (χ0) is 17.6. The number of esters is 1. The number of nitrogens with one attached hydrogen (secondary N) is 1. The van der Waals surface area contributed by atoms with E-state index in [0.717, 1.165) is 34.4 Å². The van der Waals surface area contributed by atoms with Crippen molar-refractivity contribution in [3.63, 3.8) is 0 Å². The van der Waals surface area contributed by atoms with Crippen LogP contribution < -0.4 is 0 Å². The summed E-state index contributed by atoms with van der Waals surface area (Å²) in [6.07, 6.45) is 2.04. The molecule has 0 fully saturated rings. The van der Waals surface area contributed by atoms with E-state index in [-0.39, 0.29) is 5.97 Å². The van der Waals surface area contributed by atoms with Crippen molar-refractivity contribution in [2.24, 2.45) is 5.92 Å². The summed E-state index contributed by atoms with van der Waals surface area (Å²) in [4.78, 5) is 15.0. The lowest BCUT2D eigenvalue weighted by Gasteiger charge is -2.02. The number of hydrogen-bond donors (Lipinski definition) is 1. The van der Waals surface area contributed by atoms with E-state index in [9.17, 15) is 4.79 Å². The molecular weight excluding hydrogens is 310 g/mol. The third kappa shape index (κ3) is 5.00. The van der Waals surface area contributed by atoms with Crippen LogP contribution in [0.25, 0.3) is 10.9 Å². The van der Waals surface area contributed by atoms with Gasteiger partial charge in [-0.15, -0.1) is 0 Å². The van der Waals surface area contributed by atoms with Gasteiger partial charge in [-0.3, -0.25) is 0 Å². The minimum absolute atomic E-state index is 0.320. The number of benzene rings is 1. The van der Waals surface area contributed by atoms with Crippen LogP contribution in [0.4, 0.5) is 0 Å². The van der Waals surface area contributed by atoms with E-state index in [1.54, 1.807) is 6.92 Å². The highest BCUT2D eigenvalue weighted by Gasteiger charge is 2.19. The molecule has 0 atom stereocenters. The summed E-state index contributed by atoms with van der Waals surface area (Å²) in [5.74, 6) is 0.564. The van der Waals surface area contributed by atoms with Crippen molar-refractivity contribution < 1.29 is 9.53 Å². The van der Waals surface area contributed by atoms with E-state index >= 15 is 0 Å². The molecular formula is C19H28ClNO2. The van der Waals surface area contributed by atoms with Crippen LogP contribution in [0.5, 0.6) is 0 Å². The number of H-pyrrole nitrogens is 1. The molecule has 4 heteroatoms. The normalized spacial score (nSPS) is 10.6. The van der Waals surface area contributed by atoms with E-state index in [1.807, 2.05) is 26.0 Å². The molecule has 1 aromatic heterocycles. The molecule has 1 aromatic carbocycles. The Bertz CT molecular complexity index is 659. The van der Waals surface area contributed by atoms with Gasteiger partial charge in [-0.25, -0.2) is 4.79 Å². The van der Waals surface area contributed by atoms with Crippen LogP contribution >= 0.6 is 11.6 Å². The molecule has 0 aliphatic rings. The number of halogens is 1. The molecule has 0 amide bonds. The Morgan fingerprint density at radius 1 is 1.26 bits per heavy atom. The van der Waals surface area contributed by atoms with Gasteiger partial charge in [0.15, 0.2) is 0 Å². The Kier molecular flexibility index (Phi) is 7.63. The van der Waals surface area contributed by atoms with Gasteiger partial charge in [0.25, 0.3) is 0 Å². The van der Waals surface area contributed by atoms with Crippen LogP contribution in [-0.2, 0) is 11.2 Å². The Labute approximate surface area is 144 Å². The van der Waals surface area contributed by atoms with Crippen molar-refractivity contribution in [3.8, 4) is 0 Å². The summed E-state index contributed by atoms with van der Waals surface area (Å²) >= 11 is 6.27. The third-order valence-electron chi connectivity index (χ3n) is 3.75. The van der Waals surface area contributed by atoms with E-state index in [1.165, 1.54) is 6.42 Å². The van der Waals surface area contributed by atoms with Gasteiger partial charge >= 0.3 is 5.97 Å². The molecule has 3 nitrogen and oxygen atoms in total. The van der Waals surface area contributed by atoms with Gasteiger partial charge in [0.2, 0.25) is 0 Å². The maximum Gasteiger partial charge on any atom is 0.355 e. The van der Waals surface area contributed by atoms with Crippen LogP contribution in [0.2, 0.25) is 5.02 Å². The van der Waals surface area contributed by atoms with Crippen LogP contribution in [0.1, 0.15) is 62.7 Å². The molecule has 0 unspecified atom stereocenters. The SMILES string of the molecule is CCC(C)C.CCOC(=O)c1[nH]c2cc(C)cc(Cl)c2c1CC. The van der Waals surface area contributed by atoms with Crippen molar-refractivity contribution in [1.29, 1.82) is 0 Å². The number of carbonyl (C=O) groups is 1. The second kappa shape index (κ2) is 8.97. The van der Waals surface area contributed by atoms with Gasteiger partial charge < -0.3 is 9.72 Å². The summed E-state index contributed by atoms with van der Waals surface area (Å²) in [6, 6.07) is 3.90. The first-order valence-corrected chi connectivity index (χ1v) is 8.71. The van der Waals surface area contributed by atoms with Gasteiger partial charge in [-0.2, -0.15) is 0 Å². The van der Waals surface area contributed by atoms with Crippen LogP contribution in [0.3, 0.4) is 0 Å². The van der Waals surface area contributed by atoms with Crippen molar-refractivity contribution in [1.82, 2.24) is 4.98 Å². The number of aryl methyl sites for hydroxylation is 2. The van der Waals surface area contributed by atoms with E-state index in [4.69, 9.17) is 16.3 Å². The van der Waals surface area contributed by atoms with E-state index in [0.29, 0.717) is 17.3 Å². The number of fused-ring (bicyclic) bond motifs is 1. The molecule has 128 valence electrons. The zero-order valence-corrected chi connectivity index (χ0v) is 15.8. The number of carbonyl (C=O) groups excluding carboxylic acids is 1. The molecule has 1 N–H and O–H groups in total. The van der Waals surface area contributed by atoms with E-state index < -0.39 is 0 Å². The topological polar surface area (TPSA) is 42.1 Å². The first-order chi connectivity index (χ1) is 10.8. The van der Waals surface area contributed by atoms with Gasteiger partial charge in [0.1, 0.15) is 5.69 Å². The monoisotopic (exact) mass is 337 g/mol. The molecule has 0 spiro atoms. The molecule has 23 heavy (non-hydrogen) atoms. The van der Waals surface area contributed by atoms with Crippen molar-refractivity contribution >= 4 is 28.5 Å². The largest absolute Gasteiger partial charge is 0.461 e. The van der Waals surface area contributed by atoms with Crippen molar-refractivity contribution in [2.75, 3.05) is 6.61 Å². The number of rotatable bonds is 4. The molecule has 0 bridgehead atoms. The standard InChI is InChI=1S/C14H16ClNO2.C5H12/c1-4-9-12-10(15)6-8(3)7-11(12)16-13(9)14(17)18-5-2;1-4-5(2)3/h6-7,16H,4-5H2,1-3H3;5H,4H2,1-3H3. The van der Waals surface area contributed by atoms with Gasteiger partial charge in [0.05, 0.1) is 11.6 Å². The van der Waals surface area contributed by atoms with Crippen LogP contribution in [0, 0.1) is 12.8 Å². The molecule has 0 radical (unpaired) electrons. The Hall–Kier alpha value is -1.48. The number of aromatic amines is 1. The summed E-state index contributed by atoms with van der Waals surface area (Å²) < 4.78 is 5.06. The maximum atomic E-state index is 11.9. The number of hydrogen-bond acceptors (Lipinski definition) is 2. The van der Waals surface area contributed by atoms with E-state index in [2.05, 4.69) is 25.8 Å². The minimum Gasteiger partial charge on any atom is -0.461 e.